The molecule has 0 unspecified atom stereocenters. The Kier molecular flexibility index (Phi) is 5.05. The molecule has 4 aromatic rings. The van der Waals surface area contributed by atoms with Crippen LogP contribution in [0.25, 0.3) is 16.7 Å². The van der Waals surface area contributed by atoms with Gasteiger partial charge in [0.15, 0.2) is 5.65 Å². The first-order valence-corrected chi connectivity index (χ1v) is 10.6. The van der Waals surface area contributed by atoms with E-state index in [2.05, 4.69) is 20.0 Å². The van der Waals surface area contributed by atoms with Gasteiger partial charge in [0.2, 0.25) is 0 Å². The lowest BCUT2D eigenvalue weighted by Gasteiger charge is -2.35. The SMILES string of the molecule is Cc1ccc(C(=O)N2CCN(c3nc(C)nc4c3cnn4-c3ccc(F)cc3)CC2)cc1. The minimum absolute atomic E-state index is 0.0535. The molecule has 0 radical (unpaired) electrons. The summed E-state index contributed by atoms with van der Waals surface area (Å²) in [6.45, 7) is 6.43. The number of carbonyl (C=O) groups excluding carboxylic acids is 1. The normalized spacial score (nSPS) is 14.2. The Labute approximate surface area is 185 Å². The Hall–Kier alpha value is -3.81. The first-order valence-electron chi connectivity index (χ1n) is 10.6. The zero-order valence-electron chi connectivity index (χ0n) is 18.0. The molecule has 1 aliphatic heterocycles. The molecule has 0 bridgehead atoms. The van der Waals surface area contributed by atoms with Crippen LogP contribution in [-0.4, -0.2) is 56.7 Å². The number of hydrogen-bond acceptors (Lipinski definition) is 5. The van der Waals surface area contributed by atoms with Gasteiger partial charge in [-0.3, -0.25) is 4.79 Å². The monoisotopic (exact) mass is 430 g/mol. The van der Waals surface area contributed by atoms with Gasteiger partial charge < -0.3 is 9.80 Å². The fraction of sp³-hybridized carbons (Fsp3) is 0.250. The molecule has 2 aromatic heterocycles. The number of rotatable bonds is 3. The van der Waals surface area contributed by atoms with E-state index in [1.165, 1.54) is 12.1 Å². The van der Waals surface area contributed by atoms with Crippen molar-refractivity contribution < 1.29 is 9.18 Å². The second-order valence-corrected chi connectivity index (χ2v) is 8.01. The third-order valence-electron chi connectivity index (χ3n) is 5.76. The quantitative estimate of drug-likeness (QED) is 0.497. The van der Waals surface area contributed by atoms with Crippen molar-refractivity contribution in [1.29, 1.82) is 0 Å². The molecule has 0 N–H and O–H groups in total. The topological polar surface area (TPSA) is 67.2 Å². The van der Waals surface area contributed by atoms with E-state index in [0.29, 0.717) is 43.2 Å². The van der Waals surface area contributed by atoms with Gasteiger partial charge in [0.25, 0.3) is 5.91 Å². The predicted octanol–water partition coefficient (Wildman–Crippen LogP) is 3.53. The lowest BCUT2D eigenvalue weighted by Crippen LogP contribution is -2.49. The zero-order valence-corrected chi connectivity index (χ0v) is 18.0. The molecule has 0 atom stereocenters. The van der Waals surface area contributed by atoms with Crippen molar-refractivity contribution in [3.8, 4) is 5.69 Å². The van der Waals surface area contributed by atoms with E-state index >= 15 is 0 Å². The predicted molar refractivity (Wildman–Crippen MR) is 121 cm³/mol. The van der Waals surface area contributed by atoms with E-state index in [0.717, 1.165) is 22.5 Å². The largest absolute Gasteiger partial charge is 0.352 e. The van der Waals surface area contributed by atoms with Crippen LogP contribution in [0.1, 0.15) is 21.7 Å². The molecular weight excluding hydrogens is 407 g/mol. The summed E-state index contributed by atoms with van der Waals surface area (Å²) in [5, 5.41) is 5.31. The minimum Gasteiger partial charge on any atom is -0.352 e. The maximum Gasteiger partial charge on any atom is 0.253 e. The summed E-state index contributed by atoms with van der Waals surface area (Å²) in [4.78, 5) is 26.2. The number of halogens is 1. The van der Waals surface area contributed by atoms with Crippen LogP contribution in [0.3, 0.4) is 0 Å². The molecule has 0 spiro atoms. The van der Waals surface area contributed by atoms with Crippen molar-refractivity contribution in [2.75, 3.05) is 31.1 Å². The minimum atomic E-state index is -0.297. The summed E-state index contributed by atoms with van der Waals surface area (Å²) in [6.07, 6.45) is 1.75. The van der Waals surface area contributed by atoms with E-state index in [4.69, 9.17) is 0 Å². The fourth-order valence-electron chi connectivity index (χ4n) is 4.01. The molecule has 2 aromatic carbocycles. The molecule has 8 heteroatoms. The molecule has 1 aliphatic rings. The zero-order chi connectivity index (χ0) is 22.2. The lowest BCUT2D eigenvalue weighted by atomic mass is 10.1. The van der Waals surface area contributed by atoms with Crippen molar-refractivity contribution in [3.05, 3.63) is 77.5 Å². The van der Waals surface area contributed by atoms with Crippen molar-refractivity contribution in [1.82, 2.24) is 24.6 Å². The molecule has 162 valence electrons. The second-order valence-electron chi connectivity index (χ2n) is 8.01. The lowest BCUT2D eigenvalue weighted by molar-refractivity contribution is 0.0746. The molecule has 0 saturated carbocycles. The average molecular weight is 430 g/mol. The van der Waals surface area contributed by atoms with E-state index in [1.807, 2.05) is 43.0 Å². The maximum absolute atomic E-state index is 13.3. The number of anilines is 1. The molecule has 32 heavy (non-hydrogen) atoms. The Bertz CT molecular complexity index is 1270. The van der Waals surface area contributed by atoms with Gasteiger partial charge in [-0.2, -0.15) is 5.10 Å². The molecule has 7 nitrogen and oxygen atoms in total. The number of aryl methyl sites for hydroxylation is 2. The Balaban J connectivity index is 1.39. The number of hydrogen-bond donors (Lipinski definition) is 0. The Morgan fingerprint density at radius 2 is 1.59 bits per heavy atom. The second kappa shape index (κ2) is 8.03. The van der Waals surface area contributed by atoms with Crippen LogP contribution in [0, 0.1) is 19.7 Å². The van der Waals surface area contributed by atoms with Crippen LogP contribution in [-0.2, 0) is 0 Å². The van der Waals surface area contributed by atoms with Crippen molar-refractivity contribution in [2.24, 2.45) is 0 Å². The van der Waals surface area contributed by atoms with Crippen molar-refractivity contribution in [2.45, 2.75) is 13.8 Å². The summed E-state index contributed by atoms with van der Waals surface area (Å²) >= 11 is 0. The van der Waals surface area contributed by atoms with Gasteiger partial charge >= 0.3 is 0 Å². The first kappa shape index (κ1) is 20.1. The van der Waals surface area contributed by atoms with Crippen LogP contribution in [0.15, 0.2) is 54.7 Å². The number of amides is 1. The highest BCUT2D eigenvalue weighted by Gasteiger charge is 2.25. The molecular formula is C24H23FN6O. The van der Waals surface area contributed by atoms with Crippen LogP contribution in [0.4, 0.5) is 10.2 Å². The van der Waals surface area contributed by atoms with Gasteiger partial charge in [-0.1, -0.05) is 17.7 Å². The highest BCUT2D eigenvalue weighted by atomic mass is 19.1. The van der Waals surface area contributed by atoms with E-state index in [1.54, 1.807) is 23.0 Å². The van der Waals surface area contributed by atoms with Gasteiger partial charge in [-0.25, -0.2) is 19.0 Å². The van der Waals surface area contributed by atoms with Crippen molar-refractivity contribution >= 4 is 22.8 Å². The van der Waals surface area contributed by atoms with Crippen LogP contribution >= 0.6 is 0 Å². The summed E-state index contributed by atoms with van der Waals surface area (Å²) in [5.41, 5.74) is 3.26. The molecule has 0 aliphatic carbocycles. The number of piperazine rings is 1. The van der Waals surface area contributed by atoms with Crippen LogP contribution < -0.4 is 4.90 Å². The van der Waals surface area contributed by atoms with E-state index in [9.17, 15) is 9.18 Å². The summed E-state index contributed by atoms with van der Waals surface area (Å²) in [5.74, 6) is 1.20. The Morgan fingerprint density at radius 1 is 0.906 bits per heavy atom. The highest BCUT2D eigenvalue weighted by Crippen LogP contribution is 2.27. The third kappa shape index (κ3) is 3.68. The van der Waals surface area contributed by atoms with Crippen molar-refractivity contribution in [3.63, 3.8) is 0 Å². The molecule has 1 amide bonds. The first-order chi connectivity index (χ1) is 15.5. The molecule has 5 rings (SSSR count). The molecule has 3 heterocycles. The van der Waals surface area contributed by atoms with Gasteiger partial charge in [0, 0.05) is 31.7 Å². The number of carbonyl (C=O) groups is 1. The van der Waals surface area contributed by atoms with Gasteiger partial charge in [-0.15, -0.1) is 0 Å². The smallest absolute Gasteiger partial charge is 0.253 e. The maximum atomic E-state index is 13.3. The third-order valence-corrected chi connectivity index (χ3v) is 5.76. The van der Waals surface area contributed by atoms with E-state index < -0.39 is 0 Å². The van der Waals surface area contributed by atoms with Gasteiger partial charge in [0.05, 0.1) is 17.3 Å². The number of nitrogens with zero attached hydrogens (tertiary/aromatic N) is 6. The number of aromatic nitrogens is 4. The summed E-state index contributed by atoms with van der Waals surface area (Å²) < 4.78 is 15.0. The Morgan fingerprint density at radius 3 is 2.28 bits per heavy atom. The molecule has 1 saturated heterocycles. The highest BCUT2D eigenvalue weighted by molar-refractivity contribution is 5.94. The van der Waals surface area contributed by atoms with E-state index in [-0.39, 0.29) is 11.7 Å². The average Bonchev–Trinajstić information content (AvgIpc) is 3.23. The summed E-state index contributed by atoms with van der Waals surface area (Å²) in [7, 11) is 0. The number of benzene rings is 2. The summed E-state index contributed by atoms with van der Waals surface area (Å²) in [6, 6.07) is 13.8. The molecule has 1 fully saturated rings. The standard InChI is InChI=1S/C24H23FN6O/c1-16-3-5-18(6-4-16)24(32)30-13-11-29(12-14-30)22-21-15-26-31(23(21)28-17(2)27-22)20-9-7-19(25)8-10-20/h3-10,15H,11-14H2,1-2H3. The fourth-order valence-corrected chi connectivity index (χ4v) is 4.01. The van der Waals surface area contributed by atoms with Crippen LogP contribution in [0.5, 0.6) is 0 Å². The van der Waals surface area contributed by atoms with Gasteiger partial charge in [-0.05, 0) is 50.2 Å². The van der Waals surface area contributed by atoms with Gasteiger partial charge in [0.1, 0.15) is 17.5 Å². The number of fused-ring (bicyclic) bond motifs is 1. The van der Waals surface area contributed by atoms with Crippen LogP contribution in [0.2, 0.25) is 0 Å².